The minimum atomic E-state index is -2.26. The quantitative estimate of drug-likeness (QED) is 0.773. The van der Waals surface area contributed by atoms with Gasteiger partial charge in [0, 0.05) is 39.0 Å². The summed E-state index contributed by atoms with van der Waals surface area (Å²) in [7, 11) is 1.84. The zero-order valence-electron chi connectivity index (χ0n) is 9.07. The van der Waals surface area contributed by atoms with Gasteiger partial charge in [0.1, 0.15) is 0 Å². The Hall–Kier alpha value is -1.39. The predicted molar refractivity (Wildman–Crippen MR) is 55.4 cm³/mol. The van der Waals surface area contributed by atoms with Crippen molar-refractivity contribution in [3.8, 4) is 0 Å². The maximum atomic E-state index is 12.1. The number of halogens is 2. The zero-order chi connectivity index (χ0) is 11.7. The fourth-order valence-electron chi connectivity index (χ4n) is 1.95. The summed E-state index contributed by atoms with van der Waals surface area (Å²) in [6, 6.07) is 1.74. The Kier molecular flexibility index (Phi) is 2.94. The van der Waals surface area contributed by atoms with Gasteiger partial charge in [0.05, 0.1) is 5.56 Å². The Morgan fingerprint density at radius 2 is 2.25 bits per heavy atom. The van der Waals surface area contributed by atoms with Crippen LogP contribution in [-0.4, -0.2) is 34.9 Å². The molecule has 88 valence electrons. The van der Waals surface area contributed by atoms with E-state index in [1.165, 1.54) is 0 Å². The minimum absolute atomic E-state index is 0.0346. The van der Waals surface area contributed by atoms with Crippen LogP contribution in [0.15, 0.2) is 18.5 Å². The van der Waals surface area contributed by atoms with E-state index in [1.54, 1.807) is 27.9 Å². The molecule has 1 amide bonds. The third kappa shape index (κ3) is 2.23. The average Bonchev–Trinajstić information content (AvgIpc) is 2.56. The maximum Gasteiger partial charge on any atom is 0.255 e. The van der Waals surface area contributed by atoms with Crippen molar-refractivity contribution in [2.75, 3.05) is 13.1 Å². The molecule has 2 heterocycles. The van der Waals surface area contributed by atoms with E-state index in [4.69, 9.17) is 0 Å². The molecule has 1 aromatic heterocycles. The number of hydrogen-bond donors (Lipinski definition) is 0. The Balaban J connectivity index is 1.86. The molecule has 0 aliphatic carbocycles. The van der Waals surface area contributed by atoms with Crippen molar-refractivity contribution in [2.24, 2.45) is 13.0 Å². The zero-order valence-corrected chi connectivity index (χ0v) is 9.07. The molecular weight excluding hydrogens is 214 g/mol. The van der Waals surface area contributed by atoms with Crippen LogP contribution in [0.1, 0.15) is 16.8 Å². The summed E-state index contributed by atoms with van der Waals surface area (Å²) >= 11 is 0. The molecule has 0 atom stereocenters. The summed E-state index contributed by atoms with van der Waals surface area (Å²) in [6.07, 6.45) is 1.17. The molecule has 0 saturated carbocycles. The Morgan fingerprint density at radius 1 is 1.56 bits per heavy atom. The van der Waals surface area contributed by atoms with E-state index in [-0.39, 0.29) is 18.2 Å². The fraction of sp³-hybridized carbons (Fsp3) is 0.545. The highest BCUT2D eigenvalue weighted by molar-refractivity contribution is 5.94. The van der Waals surface area contributed by atoms with Gasteiger partial charge in [-0.15, -0.1) is 0 Å². The van der Waals surface area contributed by atoms with E-state index in [1.807, 2.05) is 7.05 Å². The third-order valence-corrected chi connectivity index (χ3v) is 2.83. The molecule has 1 saturated heterocycles. The van der Waals surface area contributed by atoms with Crippen molar-refractivity contribution in [2.45, 2.75) is 12.8 Å². The molecule has 2 rings (SSSR count). The van der Waals surface area contributed by atoms with Crippen LogP contribution in [0.4, 0.5) is 8.78 Å². The molecular formula is C11H14F2N2O. The lowest BCUT2D eigenvalue weighted by molar-refractivity contribution is 0.0280. The molecule has 1 aliphatic rings. The molecule has 0 N–H and O–H groups in total. The second-order valence-corrected chi connectivity index (χ2v) is 4.27. The third-order valence-electron chi connectivity index (χ3n) is 2.83. The van der Waals surface area contributed by atoms with Gasteiger partial charge in [-0.3, -0.25) is 4.79 Å². The Labute approximate surface area is 92.7 Å². The number of carbonyl (C=O) groups excluding carboxylic acids is 1. The number of aryl methyl sites for hydroxylation is 1. The summed E-state index contributed by atoms with van der Waals surface area (Å²) in [6.45, 7) is 0.913. The topological polar surface area (TPSA) is 25.2 Å². The second kappa shape index (κ2) is 4.23. The molecule has 1 aromatic rings. The molecule has 0 radical (unpaired) electrons. The summed E-state index contributed by atoms with van der Waals surface area (Å²) in [5.74, 6) is -0.0984. The maximum absolute atomic E-state index is 12.1. The predicted octanol–water partition coefficient (Wildman–Crippen LogP) is 1.75. The second-order valence-electron chi connectivity index (χ2n) is 4.27. The number of hydrogen-bond acceptors (Lipinski definition) is 1. The number of likely N-dealkylation sites (tertiary alicyclic amines) is 1. The number of nitrogens with zero attached hydrogens (tertiary/aromatic N) is 2. The molecule has 0 bridgehead atoms. The molecule has 0 aromatic carbocycles. The minimum Gasteiger partial charge on any atom is -0.356 e. The van der Waals surface area contributed by atoms with E-state index < -0.39 is 6.43 Å². The number of amides is 1. The van der Waals surface area contributed by atoms with Crippen molar-refractivity contribution in [1.29, 1.82) is 0 Å². The van der Waals surface area contributed by atoms with Crippen LogP contribution in [0.5, 0.6) is 0 Å². The highest BCUT2D eigenvalue weighted by atomic mass is 19.3. The van der Waals surface area contributed by atoms with Crippen molar-refractivity contribution in [3.05, 3.63) is 24.0 Å². The summed E-state index contributed by atoms with van der Waals surface area (Å²) in [5, 5.41) is 0. The first kappa shape index (κ1) is 11.1. The van der Waals surface area contributed by atoms with E-state index in [9.17, 15) is 13.6 Å². The van der Waals surface area contributed by atoms with Crippen LogP contribution in [0.25, 0.3) is 0 Å². The van der Waals surface area contributed by atoms with Crippen LogP contribution < -0.4 is 0 Å². The van der Waals surface area contributed by atoms with Crippen molar-refractivity contribution in [3.63, 3.8) is 0 Å². The first-order chi connectivity index (χ1) is 7.56. The SMILES string of the molecule is Cn1ccc(C(=O)N2CC(CC(F)F)C2)c1. The van der Waals surface area contributed by atoms with Crippen molar-refractivity contribution in [1.82, 2.24) is 9.47 Å². The van der Waals surface area contributed by atoms with E-state index in [2.05, 4.69) is 0 Å². The lowest BCUT2D eigenvalue weighted by atomic mass is 9.96. The van der Waals surface area contributed by atoms with E-state index >= 15 is 0 Å². The number of aromatic nitrogens is 1. The van der Waals surface area contributed by atoms with Gasteiger partial charge in [0.25, 0.3) is 5.91 Å². The van der Waals surface area contributed by atoms with Crippen molar-refractivity contribution >= 4 is 5.91 Å². The summed E-state index contributed by atoms with van der Waals surface area (Å²) in [4.78, 5) is 13.4. The fourth-order valence-corrected chi connectivity index (χ4v) is 1.95. The monoisotopic (exact) mass is 228 g/mol. The first-order valence-electron chi connectivity index (χ1n) is 5.25. The molecule has 16 heavy (non-hydrogen) atoms. The van der Waals surface area contributed by atoms with Crippen LogP contribution >= 0.6 is 0 Å². The van der Waals surface area contributed by atoms with Gasteiger partial charge in [-0.05, 0) is 12.0 Å². The van der Waals surface area contributed by atoms with Gasteiger partial charge in [-0.25, -0.2) is 8.78 Å². The van der Waals surface area contributed by atoms with Crippen LogP contribution in [0.2, 0.25) is 0 Å². The normalized spacial score (nSPS) is 16.6. The Morgan fingerprint density at radius 3 is 2.75 bits per heavy atom. The summed E-state index contributed by atoms with van der Waals surface area (Å²) < 4.78 is 25.9. The van der Waals surface area contributed by atoms with Crippen LogP contribution in [0.3, 0.4) is 0 Å². The number of rotatable bonds is 3. The standard InChI is InChI=1S/C11H14F2N2O/c1-14-3-2-9(7-14)11(16)15-5-8(6-15)4-10(12)13/h2-3,7-8,10H,4-6H2,1H3. The van der Waals surface area contributed by atoms with Gasteiger partial charge in [-0.2, -0.15) is 0 Å². The molecule has 1 fully saturated rings. The lowest BCUT2D eigenvalue weighted by Gasteiger charge is -2.39. The van der Waals surface area contributed by atoms with Gasteiger partial charge in [0.15, 0.2) is 0 Å². The van der Waals surface area contributed by atoms with Crippen molar-refractivity contribution < 1.29 is 13.6 Å². The molecule has 0 unspecified atom stereocenters. The molecule has 1 aliphatic heterocycles. The van der Waals surface area contributed by atoms with Gasteiger partial charge >= 0.3 is 0 Å². The van der Waals surface area contributed by atoms with E-state index in [0.717, 1.165) is 0 Å². The van der Waals surface area contributed by atoms with Gasteiger partial charge in [-0.1, -0.05) is 0 Å². The van der Waals surface area contributed by atoms with Crippen LogP contribution in [-0.2, 0) is 7.05 Å². The molecule has 0 spiro atoms. The number of alkyl halides is 2. The molecule has 5 heteroatoms. The average molecular weight is 228 g/mol. The smallest absolute Gasteiger partial charge is 0.255 e. The Bertz CT molecular complexity index is 383. The first-order valence-corrected chi connectivity index (χ1v) is 5.25. The number of carbonyl (C=O) groups is 1. The van der Waals surface area contributed by atoms with Gasteiger partial charge < -0.3 is 9.47 Å². The lowest BCUT2D eigenvalue weighted by Crippen LogP contribution is -2.50. The highest BCUT2D eigenvalue weighted by Gasteiger charge is 2.32. The largest absolute Gasteiger partial charge is 0.356 e. The highest BCUT2D eigenvalue weighted by Crippen LogP contribution is 2.24. The van der Waals surface area contributed by atoms with E-state index in [0.29, 0.717) is 18.7 Å². The molecule has 3 nitrogen and oxygen atoms in total. The summed E-state index contributed by atoms with van der Waals surface area (Å²) in [5.41, 5.74) is 0.623. The van der Waals surface area contributed by atoms with Crippen LogP contribution in [0, 0.1) is 5.92 Å². The van der Waals surface area contributed by atoms with Gasteiger partial charge in [0.2, 0.25) is 6.43 Å².